The summed E-state index contributed by atoms with van der Waals surface area (Å²) in [5, 5.41) is 0. The van der Waals surface area contributed by atoms with E-state index in [0.717, 1.165) is 16.8 Å². The van der Waals surface area contributed by atoms with Crippen LogP contribution in [0.15, 0.2) is 42.9 Å². The van der Waals surface area contributed by atoms with Crippen molar-refractivity contribution < 1.29 is 14.0 Å². The molecule has 0 spiro atoms. The second kappa shape index (κ2) is 9.32. The molecule has 2 N–H and O–H groups in total. The zero-order valence-electron chi connectivity index (χ0n) is 18.6. The third kappa shape index (κ3) is 4.52. The second-order valence-corrected chi connectivity index (χ2v) is 7.86. The third-order valence-electron chi connectivity index (χ3n) is 5.82. The van der Waals surface area contributed by atoms with E-state index in [-0.39, 0.29) is 17.4 Å². The van der Waals surface area contributed by atoms with Crippen molar-refractivity contribution in [3.63, 3.8) is 0 Å². The van der Waals surface area contributed by atoms with Gasteiger partial charge in [0.25, 0.3) is 5.91 Å². The van der Waals surface area contributed by atoms with E-state index in [0.29, 0.717) is 49.7 Å². The Morgan fingerprint density at radius 1 is 1.00 bits per heavy atom. The first kappa shape index (κ1) is 22.3. The van der Waals surface area contributed by atoms with Crippen LogP contribution in [0.4, 0.5) is 10.2 Å². The number of rotatable bonds is 4. The minimum absolute atomic E-state index is 0.00417. The zero-order chi connectivity index (χ0) is 23.5. The van der Waals surface area contributed by atoms with Gasteiger partial charge >= 0.3 is 0 Å². The van der Waals surface area contributed by atoms with Gasteiger partial charge in [0.1, 0.15) is 18.0 Å². The minimum atomic E-state index is -0.621. The molecule has 170 valence electrons. The number of aryl methyl sites for hydroxylation is 1. The number of nitrogen functional groups attached to an aromatic ring is 1. The van der Waals surface area contributed by atoms with Crippen LogP contribution in [0, 0.1) is 5.82 Å². The number of carbonyl (C=O) groups excluding carboxylic acids is 2. The lowest BCUT2D eigenvalue weighted by Crippen LogP contribution is -2.50. The van der Waals surface area contributed by atoms with Crippen LogP contribution in [0.3, 0.4) is 0 Å². The molecule has 33 heavy (non-hydrogen) atoms. The van der Waals surface area contributed by atoms with Gasteiger partial charge in [-0.2, -0.15) is 0 Å². The van der Waals surface area contributed by atoms with E-state index in [1.54, 1.807) is 28.1 Å². The summed E-state index contributed by atoms with van der Waals surface area (Å²) in [6.45, 7) is 5.12. The summed E-state index contributed by atoms with van der Waals surface area (Å²) in [6, 6.07) is 8.04. The number of hydrogen-bond donors (Lipinski definition) is 1. The molecule has 1 aromatic carbocycles. The lowest BCUT2D eigenvalue weighted by molar-refractivity contribution is -0.130. The summed E-state index contributed by atoms with van der Waals surface area (Å²) in [5.41, 5.74) is 9.15. The predicted molar refractivity (Wildman–Crippen MR) is 123 cm³/mol. The topological polar surface area (TPSA) is 105 Å². The fraction of sp³-hybridized carbons (Fsp3) is 0.292. The van der Waals surface area contributed by atoms with Crippen LogP contribution in [-0.4, -0.2) is 62.7 Å². The Bertz CT molecular complexity index is 1190. The minimum Gasteiger partial charge on any atom is -0.384 e. The number of nitrogens with zero attached hydrogens (tertiary/aromatic N) is 5. The van der Waals surface area contributed by atoms with E-state index in [4.69, 9.17) is 5.73 Å². The van der Waals surface area contributed by atoms with E-state index < -0.39 is 5.82 Å². The number of amides is 2. The van der Waals surface area contributed by atoms with Crippen molar-refractivity contribution in [3.8, 4) is 22.4 Å². The Hall–Kier alpha value is -3.88. The molecule has 0 unspecified atom stereocenters. The Morgan fingerprint density at radius 3 is 2.30 bits per heavy atom. The van der Waals surface area contributed by atoms with Crippen LogP contribution in [-0.2, 0) is 11.2 Å². The molecule has 2 aromatic heterocycles. The summed E-state index contributed by atoms with van der Waals surface area (Å²) in [5.74, 6) is -0.638. The van der Waals surface area contributed by atoms with Crippen molar-refractivity contribution in [2.45, 2.75) is 20.3 Å². The first-order chi connectivity index (χ1) is 15.9. The summed E-state index contributed by atoms with van der Waals surface area (Å²) in [7, 11) is 0. The molecule has 0 bridgehead atoms. The summed E-state index contributed by atoms with van der Waals surface area (Å²) in [6.07, 6.45) is 3.75. The van der Waals surface area contributed by atoms with Gasteiger partial charge in [-0.1, -0.05) is 13.0 Å². The molecule has 0 aliphatic carbocycles. The lowest BCUT2D eigenvalue weighted by atomic mass is 9.96. The molecule has 1 aliphatic rings. The summed E-state index contributed by atoms with van der Waals surface area (Å²) in [4.78, 5) is 40.6. The van der Waals surface area contributed by atoms with Gasteiger partial charge in [0.15, 0.2) is 0 Å². The molecule has 1 saturated heterocycles. The number of aromatic nitrogens is 3. The number of nitrogens with two attached hydrogens (primary N) is 1. The van der Waals surface area contributed by atoms with Crippen molar-refractivity contribution in [2.24, 2.45) is 0 Å². The fourth-order valence-electron chi connectivity index (χ4n) is 4.00. The SMILES string of the molecule is CCc1ncnc(-c2ccc(C(=O)N3CCN(C(C)=O)CC3)c(F)c2)c1-c1ccc(N)nc1. The number of piperazine rings is 1. The average molecular weight is 449 g/mol. The number of hydrogen-bond acceptors (Lipinski definition) is 6. The molecule has 0 atom stereocenters. The van der Waals surface area contributed by atoms with Crippen LogP contribution in [0.2, 0.25) is 0 Å². The summed E-state index contributed by atoms with van der Waals surface area (Å²) >= 11 is 0. The van der Waals surface area contributed by atoms with Gasteiger partial charge in [0.05, 0.1) is 17.0 Å². The molecule has 1 aliphatic heterocycles. The first-order valence-corrected chi connectivity index (χ1v) is 10.8. The second-order valence-electron chi connectivity index (χ2n) is 7.86. The van der Waals surface area contributed by atoms with Crippen molar-refractivity contribution in [1.82, 2.24) is 24.8 Å². The largest absolute Gasteiger partial charge is 0.384 e. The van der Waals surface area contributed by atoms with Gasteiger partial charge in [-0.15, -0.1) is 0 Å². The van der Waals surface area contributed by atoms with E-state index in [1.807, 2.05) is 13.0 Å². The van der Waals surface area contributed by atoms with Crippen molar-refractivity contribution in [2.75, 3.05) is 31.9 Å². The van der Waals surface area contributed by atoms with Gasteiger partial charge in [0.2, 0.25) is 5.91 Å². The van der Waals surface area contributed by atoms with Gasteiger partial charge in [-0.25, -0.2) is 19.3 Å². The highest BCUT2D eigenvalue weighted by molar-refractivity contribution is 5.95. The normalized spacial score (nSPS) is 13.8. The van der Waals surface area contributed by atoms with Crippen LogP contribution >= 0.6 is 0 Å². The van der Waals surface area contributed by atoms with Crippen molar-refractivity contribution in [1.29, 1.82) is 0 Å². The first-order valence-electron chi connectivity index (χ1n) is 10.8. The van der Waals surface area contributed by atoms with Crippen LogP contribution in [0.25, 0.3) is 22.4 Å². The molecule has 0 saturated carbocycles. The lowest BCUT2D eigenvalue weighted by Gasteiger charge is -2.34. The molecule has 3 aromatic rings. The molecule has 0 radical (unpaired) electrons. The van der Waals surface area contributed by atoms with Gasteiger partial charge < -0.3 is 15.5 Å². The number of anilines is 1. The Kier molecular flexibility index (Phi) is 6.30. The van der Waals surface area contributed by atoms with Gasteiger partial charge in [-0.3, -0.25) is 9.59 Å². The molecule has 8 nitrogen and oxygen atoms in total. The molecule has 4 rings (SSSR count). The number of pyridine rings is 1. The van der Waals surface area contributed by atoms with Gasteiger partial charge in [0, 0.05) is 56.0 Å². The highest BCUT2D eigenvalue weighted by Crippen LogP contribution is 2.33. The highest BCUT2D eigenvalue weighted by atomic mass is 19.1. The van der Waals surface area contributed by atoms with Crippen LogP contribution in [0.5, 0.6) is 0 Å². The predicted octanol–water partition coefficient (Wildman–Crippen LogP) is 2.79. The Balaban J connectivity index is 1.66. The van der Waals surface area contributed by atoms with E-state index >= 15 is 4.39 Å². The maximum Gasteiger partial charge on any atom is 0.256 e. The monoisotopic (exact) mass is 448 g/mol. The zero-order valence-corrected chi connectivity index (χ0v) is 18.6. The molecule has 3 heterocycles. The Morgan fingerprint density at radius 2 is 1.70 bits per heavy atom. The van der Waals surface area contributed by atoms with Crippen LogP contribution in [0.1, 0.15) is 29.9 Å². The average Bonchev–Trinajstić information content (AvgIpc) is 2.83. The molecule has 1 fully saturated rings. The Labute approximate surface area is 191 Å². The van der Waals surface area contributed by atoms with Crippen molar-refractivity contribution >= 4 is 17.6 Å². The fourth-order valence-corrected chi connectivity index (χ4v) is 4.00. The maximum absolute atomic E-state index is 15.1. The quantitative estimate of drug-likeness (QED) is 0.658. The molecular formula is C24H25FN6O2. The van der Waals surface area contributed by atoms with E-state index in [1.165, 1.54) is 25.4 Å². The highest BCUT2D eigenvalue weighted by Gasteiger charge is 2.25. The molecule has 9 heteroatoms. The maximum atomic E-state index is 15.1. The summed E-state index contributed by atoms with van der Waals surface area (Å²) < 4.78 is 15.1. The number of benzene rings is 1. The third-order valence-corrected chi connectivity index (χ3v) is 5.82. The molecule has 2 amide bonds. The smallest absolute Gasteiger partial charge is 0.256 e. The number of carbonyl (C=O) groups is 2. The van der Waals surface area contributed by atoms with E-state index in [2.05, 4.69) is 15.0 Å². The standard InChI is InChI=1S/C24H25FN6O2/c1-3-20-22(17-5-7-21(26)27-13-17)23(29-14-28-20)16-4-6-18(19(25)12-16)24(33)31-10-8-30(9-11-31)15(2)32/h4-7,12-14H,3,8-11H2,1-2H3,(H2,26,27). The number of halogens is 1. The van der Waals surface area contributed by atoms with E-state index in [9.17, 15) is 9.59 Å². The van der Waals surface area contributed by atoms with Gasteiger partial charge in [-0.05, 0) is 30.7 Å². The molecular weight excluding hydrogens is 423 g/mol. The van der Waals surface area contributed by atoms with Crippen LogP contribution < -0.4 is 5.73 Å². The van der Waals surface area contributed by atoms with Crippen molar-refractivity contribution in [3.05, 3.63) is 59.9 Å².